The zero-order valence-electron chi connectivity index (χ0n) is 10.7. The van der Waals surface area contributed by atoms with Crippen LogP contribution in [0.4, 0.5) is 0 Å². The molecule has 0 radical (unpaired) electrons. The molecule has 2 aromatic heterocycles. The lowest BCUT2D eigenvalue weighted by atomic mass is 10.1. The first-order valence-electron chi connectivity index (χ1n) is 5.65. The summed E-state index contributed by atoms with van der Waals surface area (Å²) in [7, 11) is 0. The molecule has 3 N–H and O–H groups in total. The molecule has 0 saturated carbocycles. The molecule has 0 bridgehead atoms. The van der Waals surface area contributed by atoms with Crippen LogP contribution < -0.4 is 5.73 Å². The van der Waals surface area contributed by atoms with Gasteiger partial charge in [-0.15, -0.1) is 0 Å². The van der Waals surface area contributed by atoms with Crippen molar-refractivity contribution in [2.75, 3.05) is 0 Å². The standard InChI is InChI=1S/C12H17N5O/c1-12(2,3)17-11(16-6-4-5-7-16)9(8-14-17)10(13)15-18/h4-8,18H,1-3H3,(H2,13,15). The average molecular weight is 247 g/mol. The van der Waals surface area contributed by atoms with Crippen molar-refractivity contribution in [3.8, 4) is 5.82 Å². The number of amidine groups is 1. The molecule has 6 heteroatoms. The maximum Gasteiger partial charge on any atom is 0.175 e. The average Bonchev–Trinajstić information content (AvgIpc) is 2.94. The first-order valence-corrected chi connectivity index (χ1v) is 5.65. The van der Waals surface area contributed by atoms with E-state index in [9.17, 15) is 0 Å². The quantitative estimate of drug-likeness (QED) is 0.365. The number of oxime groups is 1. The van der Waals surface area contributed by atoms with Gasteiger partial charge in [-0.25, -0.2) is 4.68 Å². The first kappa shape index (κ1) is 12.2. The van der Waals surface area contributed by atoms with Gasteiger partial charge in [-0.1, -0.05) is 5.16 Å². The fourth-order valence-electron chi connectivity index (χ4n) is 1.79. The molecule has 2 aromatic rings. The topological polar surface area (TPSA) is 81.4 Å². The second-order valence-electron chi connectivity index (χ2n) is 5.04. The third-order valence-electron chi connectivity index (χ3n) is 2.61. The number of aromatic nitrogens is 3. The zero-order chi connectivity index (χ0) is 13.3. The maximum atomic E-state index is 8.84. The van der Waals surface area contributed by atoms with Crippen molar-refractivity contribution in [2.24, 2.45) is 10.9 Å². The number of hydrogen-bond donors (Lipinski definition) is 2. The second-order valence-corrected chi connectivity index (χ2v) is 5.04. The SMILES string of the molecule is CC(C)(C)n1ncc(C(N)=NO)c1-n1cccc1. The van der Waals surface area contributed by atoms with E-state index >= 15 is 0 Å². The van der Waals surface area contributed by atoms with Crippen molar-refractivity contribution in [1.29, 1.82) is 0 Å². The molecular formula is C12H17N5O. The molecule has 0 unspecified atom stereocenters. The van der Waals surface area contributed by atoms with Gasteiger partial charge in [-0.3, -0.25) is 0 Å². The molecule has 0 amide bonds. The van der Waals surface area contributed by atoms with E-state index in [4.69, 9.17) is 10.9 Å². The van der Waals surface area contributed by atoms with Crippen LogP contribution in [0.5, 0.6) is 0 Å². The van der Waals surface area contributed by atoms with Crippen LogP contribution in [0.15, 0.2) is 35.9 Å². The lowest BCUT2D eigenvalue weighted by Crippen LogP contribution is -2.26. The fraction of sp³-hybridized carbons (Fsp3) is 0.333. The van der Waals surface area contributed by atoms with Gasteiger partial charge in [0.05, 0.1) is 17.3 Å². The monoisotopic (exact) mass is 247 g/mol. The molecule has 0 aliphatic carbocycles. The summed E-state index contributed by atoms with van der Waals surface area (Å²) >= 11 is 0. The van der Waals surface area contributed by atoms with Gasteiger partial charge >= 0.3 is 0 Å². The van der Waals surface area contributed by atoms with Crippen molar-refractivity contribution >= 4 is 5.84 Å². The van der Waals surface area contributed by atoms with Crippen molar-refractivity contribution in [2.45, 2.75) is 26.3 Å². The Morgan fingerprint density at radius 3 is 2.44 bits per heavy atom. The van der Waals surface area contributed by atoms with E-state index in [0.29, 0.717) is 5.56 Å². The second kappa shape index (κ2) is 4.21. The van der Waals surface area contributed by atoms with Gasteiger partial charge < -0.3 is 15.5 Å². The van der Waals surface area contributed by atoms with Crippen LogP contribution in [-0.2, 0) is 5.54 Å². The summed E-state index contributed by atoms with van der Waals surface area (Å²) in [5.41, 5.74) is 6.09. The summed E-state index contributed by atoms with van der Waals surface area (Å²) < 4.78 is 3.74. The zero-order valence-corrected chi connectivity index (χ0v) is 10.7. The highest BCUT2D eigenvalue weighted by Crippen LogP contribution is 2.22. The molecule has 6 nitrogen and oxygen atoms in total. The predicted molar refractivity (Wildman–Crippen MR) is 69.1 cm³/mol. The highest BCUT2D eigenvalue weighted by atomic mass is 16.4. The Morgan fingerprint density at radius 1 is 1.33 bits per heavy atom. The minimum atomic E-state index is -0.201. The van der Waals surface area contributed by atoms with E-state index in [1.54, 1.807) is 6.20 Å². The smallest absolute Gasteiger partial charge is 0.175 e. The van der Waals surface area contributed by atoms with E-state index < -0.39 is 0 Å². The van der Waals surface area contributed by atoms with Gasteiger partial charge in [-0.05, 0) is 32.9 Å². The number of rotatable bonds is 2. The lowest BCUT2D eigenvalue weighted by Gasteiger charge is -2.23. The van der Waals surface area contributed by atoms with Gasteiger partial charge in [0.25, 0.3) is 0 Å². The molecular weight excluding hydrogens is 230 g/mol. The molecule has 2 rings (SSSR count). The van der Waals surface area contributed by atoms with Crippen molar-refractivity contribution < 1.29 is 5.21 Å². The van der Waals surface area contributed by atoms with Crippen LogP contribution in [0.2, 0.25) is 0 Å². The molecule has 0 atom stereocenters. The molecule has 0 aliphatic heterocycles. The van der Waals surface area contributed by atoms with Crippen molar-refractivity contribution in [3.05, 3.63) is 36.3 Å². The van der Waals surface area contributed by atoms with Gasteiger partial charge in [0.2, 0.25) is 0 Å². The van der Waals surface area contributed by atoms with E-state index in [-0.39, 0.29) is 11.4 Å². The lowest BCUT2D eigenvalue weighted by molar-refractivity contribution is 0.318. The Morgan fingerprint density at radius 2 is 1.94 bits per heavy atom. The van der Waals surface area contributed by atoms with Crippen LogP contribution >= 0.6 is 0 Å². The molecule has 2 heterocycles. The van der Waals surface area contributed by atoms with Gasteiger partial charge in [-0.2, -0.15) is 5.10 Å². The van der Waals surface area contributed by atoms with Crippen LogP contribution in [0.3, 0.4) is 0 Å². The van der Waals surface area contributed by atoms with Crippen LogP contribution in [0.1, 0.15) is 26.3 Å². The molecule has 0 fully saturated rings. The number of nitrogens with two attached hydrogens (primary N) is 1. The largest absolute Gasteiger partial charge is 0.409 e. The molecule has 0 saturated heterocycles. The van der Waals surface area contributed by atoms with Crippen LogP contribution in [0.25, 0.3) is 5.82 Å². The number of hydrogen-bond acceptors (Lipinski definition) is 3. The highest BCUT2D eigenvalue weighted by molar-refractivity contribution is 5.99. The van der Waals surface area contributed by atoms with Gasteiger partial charge in [0.1, 0.15) is 5.82 Å². The minimum Gasteiger partial charge on any atom is -0.409 e. The minimum absolute atomic E-state index is 0.0502. The van der Waals surface area contributed by atoms with Crippen LogP contribution in [0, 0.1) is 0 Å². The summed E-state index contributed by atoms with van der Waals surface area (Å²) in [6.45, 7) is 6.13. The van der Waals surface area contributed by atoms with Gasteiger partial charge in [0.15, 0.2) is 5.84 Å². The number of nitrogens with zero attached hydrogens (tertiary/aromatic N) is 4. The van der Waals surface area contributed by atoms with E-state index in [1.807, 2.05) is 54.5 Å². The Labute approximate surface area is 105 Å². The predicted octanol–water partition coefficient (Wildman–Crippen LogP) is 1.52. The van der Waals surface area contributed by atoms with Gasteiger partial charge in [0, 0.05) is 12.4 Å². The molecule has 0 aliphatic rings. The van der Waals surface area contributed by atoms with E-state index in [1.165, 1.54) is 0 Å². The first-order chi connectivity index (χ1) is 8.45. The Hall–Kier alpha value is -2.24. The molecule has 0 aromatic carbocycles. The summed E-state index contributed by atoms with van der Waals surface area (Å²) in [5.74, 6) is 0.831. The molecule has 0 spiro atoms. The maximum absolute atomic E-state index is 8.84. The summed E-state index contributed by atoms with van der Waals surface area (Å²) in [6, 6.07) is 3.83. The Kier molecular flexibility index (Phi) is 2.86. The summed E-state index contributed by atoms with van der Waals surface area (Å²) in [6.07, 6.45) is 5.40. The third kappa shape index (κ3) is 1.97. The van der Waals surface area contributed by atoms with Crippen molar-refractivity contribution in [1.82, 2.24) is 14.3 Å². The third-order valence-corrected chi connectivity index (χ3v) is 2.61. The normalized spacial score (nSPS) is 12.9. The fourth-order valence-corrected chi connectivity index (χ4v) is 1.79. The summed E-state index contributed by atoms with van der Waals surface area (Å²) in [5, 5.41) is 16.2. The summed E-state index contributed by atoms with van der Waals surface area (Å²) in [4.78, 5) is 0. The highest BCUT2D eigenvalue weighted by Gasteiger charge is 2.23. The van der Waals surface area contributed by atoms with E-state index in [2.05, 4.69) is 10.3 Å². The Balaban J connectivity index is 2.69. The van der Waals surface area contributed by atoms with Crippen LogP contribution in [-0.4, -0.2) is 25.4 Å². The van der Waals surface area contributed by atoms with E-state index in [0.717, 1.165) is 5.82 Å². The molecule has 96 valence electrons. The van der Waals surface area contributed by atoms with Crippen molar-refractivity contribution in [3.63, 3.8) is 0 Å². The molecule has 18 heavy (non-hydrogen) atoms. The Bertz CT molecular complexity index is 560.